The van der Waals surface area contributed by atoms with Gasteiger partial charge in [-0.05, 0) is 52.3 Å². The highest BCUT2D eigenvalue weighted by molar-refractivity contribution is 7.89. The number of hydrogen-bond donors (Lipinski definition) is 1. The van der Waals surface area contributed by atoms with E-state index < -0.39 is 10.0 Å². The molecule has 0 radical (unpaired) electrons. The van der Waals surface area contributed by atoms with Gasteiger partial charge in [-0.2, -0.15) is 4.31 Å². The second-order valence-corrected chi connectivity index (χ2v) is 12.5. The van der Waals surface area contributed by atoms with E-state index >= 15 is 0 Å². The van der Waals surface area contributed by atoms with Crippen LogP contribution < -0.4 is 10.1 Å². The molecule has 186 valence electrons. The third-order valence-electron chi connectivity index (χ3n) is 5.76. The summed E-state index contributed by atoms with van der Waals surface area (Å²) in [6.07, 6.45) is 0. The Kier molecular flexibility index (Phi) is 7.75. The number of carbonyl (C=O) groups is 1. The van der Waals surface area contributed by atoms with Crippen molar-refractivity contribution in [1.29, 1.82) is 0 Å². The Morgan fingerprint density at radius 1 is 0.971 bits per heavy atom. The summed E-state index contributed by atoms with van der Waals surface area (Å²) >= 11 is 0. The predicted octanol–water partition coefficient (Wildman–Crippen LogP) is 4.32. The van der Waals surface area contributed by atoms with Crippen LogP contribution in [0, 0.1) is 0 Å². The molecule has 0 unspecified atom stereocenters. The lowest BCUT2D eigenvalue weighted by atomic mass is 9.80. The Labute approximate surface area is 203 Å². The number of sulfonamides is 1. The normalized spacial score (nSPS) is 15.7. The van der Waals surface area contributed by atoms with E-state index in [1.807, 2.05) is 12.1 Å². The second-order valence-electron chi connectivity index (χ2n) is 10.6. The zero-order chi connectivity index (χ0) is 25.1. The monoisotopic (exact) mass is 488 g/mol. The van der Waals surface area contributed by atoms with Crippen molar-refractivity contribution >= 4 is 21.6 Å². The molecular formula is C26H36N2O5S. The van der Waals surface area contributed by atoms with Gasteiger partial charge in [-0.15, -0.1) is 0 Å². The van der Waals surface area contributed by atoms with Crippen molar-refractivity contribution < 1.29 is 22.7 Å². The van der Waals surface area contributed by atoms with Gasteiger partial charge in [-0.25, -0.2) is 8.42 Å². The molecule has 34 heavy (non-hydrogen) atoms. The number of amides is 1. The van der Waals surface area contributed by atoms with Crippen LogP contribution in [0.25, 0.3) is 0 Å². The van der Waals surface area contributed by atoms with Crippen LogP contribution in [-0.4, -0.2) is 51.5 Å². The highest BCUT2D eigenvalue weighted by Crippen LogP contribution is 2.35. The summed E-state index contributed by atoms with van der Waals surface area (Å²) in [7, 11) is -3.57. The number of rotatable bonds is 6. The second kappa shape index (κ2) is 10.1. The Morgan fingerprint density at radius 2 is 1.59 bits per heavy atom. The van der Waals surface area contributed by atoms with Crippen LogP contribution in [0.5, 0.6) is 5.75 Å². The van der Waals surface area contributed by atoms with Gasteiger partial charge < -0.3 is 14.8 Å². The Bertz CT molecular complexity index is 1110. The van der Waals surface area contributed by atoms with Crippen molar-refractivity contribution in [3.63, 3.8) is 0 Å². The number of nitrogens with one attached hydrogen (secondary N) is 1. The first-order chi connectivity index (χ1) is 15.8. The quantitative estimate of drug-likeness (QED) is 0.655. The molecule has 1 heterocycles. The van der Waals surface area contributed by atoms with Crippen LogP contribution in [-0.2, 0) is 30.4 Å². The Morgan fingerprint density at radius 3 is 2.15 bits per heavy atom. The lowest BCUT2D eigenvalue weighted by Gasteiger charge is -2.27. The molecule has 1 N–H and O–H groups in total. The molecule has 1 aliphatic rings. The minimum atomic E-state index is -3.57. The topological polar surface area (TPSA) is 84.9 Å². The fraction of sp³-hybridized carbons (Fsp3) is 0.500. The first-order valence-electron chi connectivity index (χ1n) is 11.5. The number of benzene rings is 2. The van der Waals surface area contributed by atoms with Crippen LogP contribution in [0.3, 0.4) is 0 Å². The van der Waals surface area contributed by atoms with Crippen molar-refractivity contribution in [2.45, 2.75) is 57.3 Å². The largest absolute Gasteiger partial charge is 0.483 e. The lowest BCUT2D eigenvalue weighted by molar-refractivity contribution is -0.118. The summed E-state index contributed by atoms with van der Waals surface area (Å²) in [6.45, 7) is 14.2. The number of nitrogens with zero attached hydrogens (tertiary/aromatic N) is 1. The minimum absolute atomic E-state index is 0.0112. The van der Waals surface area contributed by atoms with E-state index in [0.717, 1.165) is 5.56 Å². The lowest BCUT2D eigenvalue weighted by Crippen LogP contribution is -2.40. The molecule has 1 saturated heterocycles. The van der Waals surface area contributed by atoms with Gasteiger partial charge in [0.05, 0.1) is 18.1 Å². The molecule has 2 aromatic rings. The number of carbonyl (C=O) groups excluding carboxylic acids is 1. The maximum Gasteiger partial charge on any atom is 0.262 e. The minimum Gasteiger partial charge on any atom is -0.483 e. The molecule has 0 atom stereocenters. The van der Waals surface area contributed by atoms with Gasteiger partial charge >= 0.3 is 0 Å². The van der Waals surface area contributed by atoms with Crippen LogP contribution in [0.4, 0.5) is 5.69 Å². The van der Waals surface area contributed by atoms with Gasteiger partial charge in [0, 0.05) is 18.8 Å². The summed E-state index contributed by atoms with van der Waals surface area (Å²) < 4.78 is 38.0. The third kappa shape index (κ3) is 6.37. The van der Waals surface area contributed by atoms with E-state index in [4.69, 9.17) is 9.47 Å². The van der Waals surface area contributed by atoms with E-state index in [9.17, 15) is 13.2 Å². The number of morpholine rings is 1. The van der Waals surface area contributed by atoms with Crippen LogP contribution >= 0.6 is 0 Å². The summed E-state index contributed by atoms with van der Waals surface area (Å²) in [6, 6.07) is 12.3. The van der Waals surface area contributed by atoms with Gasteiger partial charge in [0.2, 0.25) is 10.0 Å². The first kappa shape index (κ1) is 26.2. The van der Waals surface area contributed by atoms with Gasteiger partial charge in [0.15, 0.2) is 6.61 Å². The van der Waals surface area contributed by atoms with Crippen LogP contribution in [0.1, 0.15) is 52.7 Å². The molecule has 1 amide bonds. The zero-order valence-electron chi connectivity index (χ0n) is 21.0. The van der Waals surface area contributed by atoms with Crippen LogP contribution in [0.2, 0.25) is 0 Å². The molecular weight excluding hydrogens is 452 g/mol. The van der Waals surface area contributed by atoms with Crippen molar-refractivity contribution in [3.05, 3.63) is 53.6 Å². The first-order valence-corrected chi connectivity index (χ1v) is 13.0. The predicted molar refractivity (Wildman–Crippen MR) is 134 cm³/mol. The fourth-order valence-corrected chi connectivity index (χ4v) is 5.10. The van der Waals surface area contributed by atoms with E-state index in [2.05, 4.69) is 52.9 Å². The molecule has 0 bridgehead atoms. The van der Waals surface area contributed by atoms with Crippen molar-refractivity contribution in [3.8, 4) is 5.75 Å². The average molecular weight is 489 g/mol. The molecule has 0 saturated carbocycles. The summed E-state index contributed by atoms with van der Waals surface area (Å²) in [5, 5.41) is 2.77. The van der Waals surface area contributed by atoms with Gasteiger partial charge in [0.1, 0.15) is 5.75 Å². The zero-order valence-corrected chi connectivity index (χ0v) is 21.8. The number of anilines is 1. The Hall–Kier alpha value is -2.42. The van der Waals surface area contributed by atoms with E-state index in [1.54, 1.807) is 12.1 Å². The SMILES string of the molecule is CC(C)(C)c1ccc(OCC(=O)Nc2ccc(S(=O)(=O)N3CCOCC3)cc2)c(C(C)(C)C)c1. The smallest absolute Gasteiger partial charge is 0.262 e. The maximum absolute atomic E-state index is 12.7. The molecule has 1 fully saturated rings. The molecule has 0 aromatic heterocycles. The molecule has 1 aliphatic heterocycles. The third-order valence-corrected chi connectivity index (χ3v) is 7.67. The number of hydrogen-bond acceptors (Lipinski definition) is 5. The summed E-state index contributed by atoms with van der Waals surface area (Å²) in [4.78, 5) is 12.7. The summed E-state index contributed by atoms with van der Waals surface area (Å²) in [5.74, 6) is 0.367. The van der Waals surface area contributed by atoms with E-state index in [0.29, 0.717) is 37.7 Å². The van der Waals surface area contributed by atoms with E-state index in [-0.39, 0.29) is 28.2 Å². The van der Waals surface area contributed by atoms with Gasteiger partial charge in [-0.1, -0.05) is 53.7 Å². The maximum atomic E-state index is 12.7. The Balaban J connectivity index is 1.65. The van der Waals surface area contributed by atoms with Crippen molar-refractivity contribution in [2.75, 3.05) is 38.2 Å². The van der Waals surface area contributed by atoms with Crippen molar-refractivity contribution in [1.82, 2.24) is 4.31 Å². The standard InChI is InChI=1S/C26H36N2O5S/c1-25(2,3)19-7-12-23(22(17-19)26(4,5)6)33-18-24(29)27-20-8-10-21(11-9-20)34(30,31)28-13-15-32-16-14-28/h7-12,17H,13-16,18H2,1-6H3,(H,27,29). The van der Waals surface area contributed by atoms with Gasteiger partial charge in [-0.3, -0.25) is 4.79 Å². The highest BCUT2D eigenvalue weighted by Gasteiger charge is 2.26. The number of ether oxygens (including phenoxy) is 2. The van der Waals surface area contributed by atoms with Crippen molar-refractivity contribution in [2.24, 2.45) is 0 Å². The van der Waals surface area contributed by atoms with Crippen LogP contribution in [0.15, 0.2) is 47.4 Å². The molecule has 8 heteroatoms. The van der Waals surface area contributed by atoms with Gasteiger partial charge in [0.25, 0.3) is 5.91 Å². The van der Waals surface area contributed by atoms with E-state index in [1.165, 1.54) is 22.0 Å². The highest BCUT2D eigenvalue weighted by atomic mass is 32.2. The average Bonchev–Trinajstić information content (AvgIpc) is 2.77. The fourth-order valence-electron chi connectivity index (χ4n) is 3.70. The molecule has 7 nitrogen and oxygen atoms in total. The summed E-state index contributed by atoms with van der Waals surface area (Å²) in [5.41, 5.74) is 2.63. The molecule has 0 aliphatic carbocycles. The molecule has 3 rings (SSSR count). The molecule has 2 aromatic carbocycles. The molecule has 0 spiro atoms.